The third kappa shape index (κ3) is 4.40. The highest BCUT2D eigenvalue weighted by atomic mass is 16.5. The van der Waals surface area contributed by atoms with Crippen molar-refractivity contribution in [3.63, 3.8) is 0 Å². The summed E-state index contributed by atoms with van der Waals surface area (Å²) in [4.78, 5) is 28.0. The number of hydrogen-bond acceptors (Lipinski definition) is 3. The SMILES string of the molecule is COc1ccc(-n2c(C)cc(C(=O)N3CCCC(C(=O)Nc4ccccc4)C3)c2C)cc1. The molecule has 1 N–H and O–H groups in total. The lowest BCUT2D eigenvalue weighted by Gasteiger charge is -2.32. The fraction of sp³-hybridized carbons (Fsp3) is 0.308. The molecule has 6 nitrogen and oxygen atoms in total. The predicted molar refractivity (Wildman–Crippen MR) is 125 cm³/mol. The molecule has 2 heterocycles. The number of para-hydroxylation sites is 1. The fourth-order valence-corrected chi connectivity index (χ4v) is 4.42. The van der Waals surface area contributed by atoms with E-state index in [9.17, 15) is 9.59 Å². The standard InChI is InChI=1S/C26H29N3O3/c1-18-16-24(19(2)29(18)22-11-13-23(32-3)14-12-22)26(31)28-15-7-8-20(17-28)25(30)27-21-9-5-4-6-10-21/h4-6,9-14,16,20H,7-8,15,17H2,1-3H3,(H,27,30). The lowest BCUT2D eigenvalue weighted by atomic mass is 9.96. The maximum Gasteiger partial charge on any atom is 0.255 e. The zero-order valence-electron chi connectivity index (χ0n) is 18.8. The van der Waals surface area contributed by atoms with E-state index in [1.807, 2.05) is 79.4 Å². The molecule has 0 spiro atoms. The second-order valence-electron chi connectivity index (χ2n) is 8.26. The number of piperidine rings is 1. The molecule has 0 saturated carbocycles. The molecule has 4 rings (SSSR count). The first kappa shape index (κ1) is 21.7. The summed E-state index contributed by atoms with van der Waals surface area (Å²) in [6.45, 7) is 5.07. The van der Waals surface area contributed by atoms with Crippen molar-refractivity contribution < 1.29 is 14.3 Å². The van der Waals surface area contributed by atoms with Crippen LogP contribution >= 0.6 is 0 Å². The van der Waals surface area contributed by atoms with Gasteiger partial charge in [-0.3, -0.25) is 9.59 Å². The van der Waals surface area contributed by atoms with Gasteiger partial charge in [-0.25, -0.2) is 0 Å². The zero-order chi connectivity index (χ0) is 22.7. The number of likely N-dealkylation sites (tertiary alicyclic amines) is 1. The van der Waals surface area contributed by atoms with Crippen LogP contribution in [0.2, 0.25) is 0 Å². The van der Waals surface area contributed by atoms with Gasteiger partial charge in [0.15, 0.2) is 0 Å². The van der Waals surface area contributed by atoms with Crippen molar-refractivity contribution >= 4 is 17.5 Å². The summed E-state index contributed by atoms with van der Waals surface area (Å²) < 4.78 is 7.33. The number of nitrogens with zero attached hydrogens (tertiary/aromatic N) is 2. The molecular formula is C26H29N3O3. The first-order valence-electron chi connectivity index (χ1n) is 11.0. The van der Waals surface area contributed by atoms with Crippen molar-refractivity contribution in [2.24, 2.45) is 5.92 Å². The smallest absolute Gasteiger partial charge is 0.255 e. The molecule has 0 bridgehead atoms. The molecule has 6 heteroatoms. The number of carbonyl (C=O) groups is 2. The van der Waals surface area contributed by atoms with Crippen LogP contribution in [0.25, 0.3) is 5.69 Å². The van der Waals surface area contributed by atoms with E-state index in [1.54, 1.807) is 7.11 Å². The van der Waals surface area contributed by atoms with Crippen LogP contribution in [0.3, 0.4) is 0 Å². The number of carbonyl (C=O) groups excluding carboxylic acids is 2. The molecule has 1 aliphatic rings. The summed E-state index contributed by atoms with van der Waals surface area (Å²) in [5.41, 5.74) is 4.34. The van der Waals surface area contributed by atoms with Crippen LogP contribution in [0.1, 0.15) is 34.6 Å². The Labute approximate surface area is 188 Å². The molecule has 1 aromatic heterocycles. The number of aryl methyl sites for hydroxylation is 1. The van der Waals surface area contributed by atoms with Crippen molar-refractivity contribution in [2.45, 2.75) is 26.7 Å². The number of nitrogens with one attached hydrogen (secondary N) is 1. The molecule has 1 fully saturated rings. The van der Waals surface area contributed by atoms with Gasteiger partial charge in [0.1, 0.15) is 5.75 Å². The minimum Gasteiger partial charge on any atom is -0.497 e. The van der Waals surface area contributed by atoms with Gasteiger partial charge in [-0.1, -0.05) is 18.2 Å². The summed E-state index contributed by atoms with van der Waals surface area (Å²) in [5.74, 6) is 0.533. The summed E-state index contributed by atoms with van der Waals surface area (Å²) in [5, 5.41) is 2.98. The average Bonchev–Trinajstić information content (AvgIpc) is 3.13. The Morgan fingerprint density at radius 2 is 1.75 bits per heavy atom. The van der Waals surface area contributed by atoms with Crippen molar-refractivity contribution in [1.29, 1.82) is 0 Å². The van der Waals surface area contributed by atoms with Crippen LogP contribution in [-0.2, 0) is 4.79 Å². The second-order valence-corrected chi connectivity index (χ2v) is 8.26. The lowest BCUT2D eigenvalue weighted by molar-refractivity contribution is -0.121. The Bertz CT molecular complexity index is 1100. The van der Waals surface area contributed by atoms with Crippen molar-refractivity contribution in [2.75, 3.05) is 25.5 Å². The molecule has 2 aromatic carbocycles. The van der Waals surface area contributed by atoms with Gasteiger partial charge in [0.2, 0.25) is 5.91 Å². The third-order valence-corrected chi connectivity index (χ3v) is 6.11. The van der Waals surface area contributed by atoms with E-state index in [0.717, 1.165) is 41.4 Å². The summed E-state index contributed by atoms with van der Waals surface area (Å²) in [6, 6.07) is 19.2. The van der Waals surface area contributed by atoms with E-state index in [1.165, 1.54) is 0 Å². The number of hydrogen-bond donors (Lipinski definition) is 1. The molecule has 2 amide bonds. The Kier molecular flexibility index (Phi) is 6.30. The largest absolute Gasteiger partial charge is 0.497 e. The number of benzene rings is 2. The molecule has 166 valence electrons. The monoisotopic (exact) mass is 431 g/mol. The lowest BCUT2D eigenvalue weighted by Crippen LogP contribution is -2.43. The highest BCUT2D eigenvalue weighted by Gasteiger charge is 2.30. The molecule has 0 aliphatic carbocycles. The van der Waals surface area contributed by atoms with Crippen molar-refractivity contribution in [3.05, 3.63) is 77.6 Å². The average molecular weight is 432 g/mol. The molecule has 1 aliphatic heterocycles. The second kappa shape index (κ2) is 9.30. The summed E-state index contributed by atoms with van der Waals surface area (Å²) >= 11 is 0. The van der Waals surface area contributed by atoms with Crippen LogP contribution in [0, 0.1) is 19.8 Å². The maximum absolute atomic E-state index is 13.4. The summed E-state index contributed by atoms with van der Waals surface area (Å²) in [7, 11) is 1.64. The van der Waals surface area contributed by atoms with Gasteiger partial charge < -0.3 is 19.5 Å². The van der Waals surface area contributed by atoms with Crippen molar-refractivity contribution in [1.82, 2.24) is 9.47 Å². The van der Waals surface area contributed by atoms with Gasteiger partial charge in [-0.2, -0.15) is 0 Å². The number of amides is 2. The van der Waals surface area contributed by atoms with Crippen molar-refractivity contribution in [3.8, 4) is 11.4 Å². The molecule has 32 heavy (non-hydrogen) atoms. The van der Waals surface area contributed by atoms with Crippen LogP contribution in [-0.4, -0.2) is 41.5 Å². The minimum absolute atomic E-state index is 0.0185. The van der Waals surface area contributed by atoms with Crippen LogP contribution in [0.5, 0.6) is 5.75 Å². The number of anilines is 1. The quantitative estimate of drug-likeness (QED) is 0.643. The highest BCUT2D eigenvalue weighted by molar-refractivity contribution is 5.97. The van der Waals surface area contributed by atoms with Gasteiger partial charge in [0.25, 0.3) is 5.91 Å². The Morgan fingerprint density at radius 1 is 1.03 bits per heavy atom. The first-order valence-corrected chi connectivity index (χ1v) is 11.0. The van der Waals surface area contributed by atoms with E-state index in [-0.39, 0.29) is 17.7 Å². The van der Waals surface area contributed by atoms with E-state index in [4.69, 9.17) is 4.74 Å². The Morgan fingerprint density at radius 3 is 2.44 bits per heavy atom. The molecule has 3 aromatic rings. The molecular weight excluding hydrogens is 402 g/mol. The van der Waals surface area contributed by atoms with Gasteiger partial charge in [0, 0.05) is 35.9 Å². The zero-order valence-corrected chi connectivity index (χ0v) is 18.8. The van der Waals surface area contributed by atoms with Gasteiger partial charge >= 0.3 is 0 Å². The van der Waals surface area contributed by atoms with E-state index < -0.39 is 0 Å². The fourth-order valence-electron chi connectivity index (χ4n) is 4.42. The number of rotatable bonds is 5. The Balaban J connectivity index is 1.50. The topological polar surface area (TPSA) is 63.6 Å². The number of ether oxygens (including phenoxy) is 1. The summed E-state index contributed by atoms with van der Waals surface area (Å²) in [6.07, 6.45) is 1.60. The van der Waals surface area contributed by atoms with E-state index in [0.29, 0.717) is 18.7 Å². The van der Waals surface area contributed by atoms with Crippen LogP contribution < -0.4 is 10.1 Å². The van der Waals surface area contributed by atoms with Gasteiger partial charge in [0.05, 0.1) is 18.6 Å². The third-order valence-electron chi connectivity index (χ3n) is 6.11. The van der Waals surface area contributed by atoms with Crippen LogP contribution in [0.4, 0.5) is 5.69 Å². The Hall–Kier alpha value is -3.54. The highest BCUT2D eigenvalue weighted by Crippen LogP contribution is 2.26. The molecule has 1 atom stereocenters. The number of methoxy groups -OCH3 is 1. The van der Waals surface area contributed by atoms with E-state index >= 15 is 0 Å². The normalized spacial score (nSPS) is 16.0. The van der Waals surface area contributed by atoms with E-state index in [2.05, 4.69) is 9.88 Å². The first-order chi connectivity index (χ1) is 15.5. The van der Waals surface area contributed by atoms with Gasteiger partial charge in [-0.05, 0) is 69.2 Å². The molecule has 1 saturated heterocycles. The van der Waals surface area contributed by atoms with Gasteiger partial charge in [-0.15, -0.1) is 0 Å². The van der Waals surface area contributed by atoms with Crippen LogP contribution in [0.15, 0.2) is 60.7 Å². The number of aromatic nitrogens is 1. The maximum atomic E-state index is 13.4. The molecule has 0 radical (unpaired) electrons. The molecule has 1 unspecified atom stereocenters. The minimum atomic E-state index is -0.210. The predicted octanol–water partition coefficient (Wildman–Crippen LogP) is 4.59.